The molecule has 1 aliphatic rings. The van der Waals surface area contributed by atoms with Crippen LogP contribution >= 0.6 is 12.4 Å². The van der Waals surface area contributed by atoms with E-state index in [4.69, 9.17) is 0 Å². The lowest BCUT2D eigenvalue weighted by atomic mass is 10.0. The first-order chi connectivity index (χ1) is 9.74. The molecular weight excluding hydrogens is 290 g/mol. The molecule has 1 heterocycles. The van der Waals surface area contributed by atoms with Crippen LogP contribution in [0.3, 0.4) is 0 Å². The second-order valence-corrected chi connectivity index (χ2v) is 5.09. The van der Waals surface area contributed by atoms with Crippen molar-refractivity contribution in [3.8, 4) is 0 Å². The lowest BCUT2D eigenvalue weighted by molar-refractivity contribution is -0.122. The molecule has 0 unspecified atom stereocenters. The number of benzene rings is 1. The fraction of sp³-hybridized carbons (Fsp3) is 0.467. The van der Waals surface area contributed by atoms with E-state index in [0.29, 0.717) is 25.3 Å². The van der Waals surface area contributed by atoms with Gasteiger partial charge >= 0.3 is 0 Å². The summed E-state index contributed by atoms with van der Waals surface area (Å²) < 4.78 is 0. The average Bonchev–Trinajstić information content (AvgIpc) is 2.38. The van der Waals surface area contributed by atoms with E-state index < -0.39 is 0 Å². The van der Waals surface area contributed by atoms with Crippen molar-refractivity contribution in [1.29, 1.82) is 0 Å². The second kappa shape index (κ2) is 9.37. The Balaban J connectivity index is 0.00000220. The summed E-state index contributed by atoms with van der Waals surface area (Å²) in [4.78, 5) is 23.2. The van der Waals surface area contributed by atoms with Gasteiger partial charge in [-0.05, 0) is 5.56 Å². The first-order valence-corrected chi connectivity index (χ1v) is 7.02. The molecule has 0 atom stereocenters. The Labute approximate surface area is 131 Å². The Morgan fingerprint density at radius 3 is 2.43 bits per heavy atom. The van der Waals surface area contributed by atoms with Crippen LogP contribution in [0.2, 0.25) is 0 Å². The second-order valence-electron chi connectivity index (χ2n) is 5.09. The van der Waals surface area contributed by atoms with Crippen LogP contribution in [-0.2, 0) is 16.0 Å². The minimum atomic E-state index is -0.0489. The molecule has 0 bridgehead atoms. The molecule has 1 aromatic carbocycles. The molecule has 6 heteroatoms. The Bertz CT molecular complexity index is 449. The number of hydrogen-bond acceptors (Lipinski definition) is 3. The predicted molar refractivity (Wildman–Crippen MR) is 84.4 cm³/mol. The molecular formula is C15H22ClN3O2. The van der Waals surface area contributed by atoms with E-state index >= 15 is 0 Å². The fourth-order valence-electron chi connectivity index (χ4n) is 2.00. The Morgan fingerprint density at radius 2 is 1.81 bits per heavy atom. The Kier molecular flexibility index (Phi) is 7.79. The van der Waals surface area contributed by atoms with Gasteiger partial charge in [-0.15, -0.1) is 12.4 Å². The standard InChI is InChI=1S/C15H21N3O2.ClH/c19-14(18-11-13-9-16-10-13)6-7-17-15(20)8-12-4-2-1-3-5-12;/h1-5,13,16H,6-11H2,(H,17,20)(H,18,19);1H. The normalized spacial score (nSPS) is 13.7. The zero-order valence-corrected chi connectivity index (χ0v) is 12.7. The van der Waals surface area contributed by atoms with Crippen molar-refractivity contribution >= 4 is 24.2 Å². The van der Waals surface area contributed by atoms with Crippen LogP contribution in [0.15, 0.2) is 30.3 Å². The maximum absolute atomic E-state index is 11.7. The topological polar surface area (TPSA) is 70.2 Å². The van der Waals surface area contributed by atoms with Crippen LogP contribution in [0.4, 0.5) is 0 Å². The van der Waals surface area contributed by atoms with Gasteiger partial charge in [-0.1, -0.05) is 30.3 Å². The summed E-state index contributed by atoms with van der Waals surface area (Å²) >= 11 is 0. The maximum Gasteiger partial charge on any atom is 0.224 e. The number of halogens is 1. The zero-order chi connectivity index (χ0) is 14.2. The third-order valence-corrected chi connectivity index (χ3v) is 3.34. The molecule has 2 rings (SSSR count). The van der Waals surface area contributed by atoms with E-state index in [1.807, 2.05) is 30.3 Å². The molecule has 0 radical (unpaired) electrons. The number of rotatable bonds is 7. The number of carbonyl (C=O) groups is 2. The number of carbonyl (C=O) groups excluding carboxylic acids is 2. The molecule has 1 fully saturated rings. The summed E-state index contributed by atoms with van der Waals surface area (Å²) in [5, 5.41) is 8.80. The summed E-state index contributed by atoms with van der Waals surface area (Å²) in [6.07, 6.45) is 0.691. The van der Waals surface area contributed by atoms with Crippen LogP contribution < -0.4 is 16.0 Å². The molecule has 0 spiro atoms. The molecule has 5 nitrogen and oxygen atoms in total. The van der Waals surface area contributed by atoms with Crippen LogP contribution in [0.1, 0.15) is 12.0 Å². The van der Waals surface area contributed by atoms with Gasteiger partial charge in [-0.2, -0.15) is 0 Å². The van der Waals surface area contributed by atoms with Crippen LogP contribution in [0.25, 0.3) is 0 Å². The molecule has 116 valence electrons. The smallest absolute Gasteiger partial charge is 0.224 e. The van der Waals surface area contributed by atoms with Crippen molar-refractivity contribution in [2.24, 2.45) is 5.92 Å². The highest BCUT2D eigenvalue weighted by atomic mass is 35.5. The summed E-state index contributed by atoms with van der Waals surface area (Å²) in [6, 6.07) is 9.57. The van der Waals surface area contributed by atoms with Gasteiger partial charge in [0.15, 0.2) is 0 Å². The highest BCUT2D eigenvalue weighted by Gasteiger charge is 2.16. The molecule has 21 heavy (non-hydrogen) atoms. The number of hydrogen-bond donors (Lipinski definition) is 3. The zero-order valence-electron chi connectivity index (χ0n) is 11.9. The molecule has 1 aromatic rings. The Hall–Kier alpha value is -1.59. The summed E-state index contributed by atoms with van der Waals surface area (Å²) in [5.41, 5.74) is 0.979. The van der Waals surface area contributed by atoms with Crippen molar-refractivity contribution in [2.45, 2.75) is 12.8 Å². The minimum absolute atomic E-state index is 0. The molecule has 0 aromatic heterocycles. The minimum Gasteiger partial charge on any atom is -0.356 e. The Morgan fingerprint density at radius 1 is 1.10 bits per heavy atom. The predicted octanol–water partition coefficient (Wildman–Crippen LogP) is 0.493. The third kappa shape index (κ3) is 6.60. The van der Waals surface area contributed by atoms with Crippen LogP contribution in [0, 0.1) is 5.92 Å². The lowest BCUT2D eigenvalue weighted by Gasteiger charge is -2.27. The van der Waals surface area contributed by atoms with Gasteiger partial charge in [0.05, 0.1) is 6.42 Å². The maximum atomic E-state index is 11.7. The monoisotopic (exact) mass is 311 g/mol. The molecule has 3 N–H and O–H groups in total. The first-order valence-electron chi connectivity index (χ1n) is 7.02. The van der Waals surface area contributed by atoms with Crippen LogP contribution in [0.5, 0.6) is 0 Å². The summed E-state index contributed by atoms with van der Waals surface area (Å²) in [6.45, 7) is 3.08. The molecule has 1 aliphatic heterocycles. The lowest BCUT2D eigenvalue weighted by Crippen LogP contribution is -2.48. The van der Waals surface area contributed by atoms with Gasteiger partial charge in [0.1, 0.15) is 0 Å². The molecule has 1 saturated heterocycles. The van der Waals surface area contributed by atoms with Gasteiger partial charge in [0.25, 0.3) is 0 Å². The average molecular weight is 312 g/mol. The van der Waals surface area contributed by atoms with Gasteiger partial charge < -0.3 is 16.0 Å². The summed E-state index contributed by atoms with van der Waals surface area (Å²) in [5.74, 6) is 0.510. The van der Waals surface area contributed by atoms with Crippen LogP contribution in [-0.4, -0.2) is 38.0 Å². The van der Waals surface area contributed by atoms with Crippen molar-refractivity contribution in [1.82, 2.24) is 16.0 Å². The number of nitrogens with one attached hydrogen (secondary N) is 3. The van der Waals surface area contributed by atoms with Gasteiger partial charge in [0.2, 0.25) is 11.8 Å². The molecule has 2 amide bonds. The van der Waals surface area contributed by atoms with Crippen molar-refractivity contribution in [3.05, 3.63) is 35.9 Å². The highest BCUT2D eigenvalue weighted by molar-refractivity contribution is 5.85. The van der Waals surface area contributed by atoms with E-state index in [2.05, 4.69) is 16.0 Å². The van der Waals surface area contributed by atoms with E-state index in [1.54, 1.807) is 0 Å². The quantitative estimate of drug-likeness (QED) is 0.686. The largest absolute Gasteiger partial charge is 0.356 e. The third-order valence-electron chi connectivity index (χ3n) is 3.34. The first kappa shape index (κ1) is 17.5. The van der Waals surface area contributed by atoms with Crippen molar-refractivity contribution < 1.29 is 9.59 Å². The van der Waals surface area contributed by atoms with Crippen molar-refractivity contribution in [3.63, 3.8) is 0 Å². The molecule has 0 aliphatic carbocycles. The van der Waals surface area contributed by atoms with E-state index in [1.165, 1.54) is 0 Å². The van der Waals surface area contributed by atoms with E-state index in [0.717, 1.165) is 25.2 Å². The number of amides is 2. The van der Waals surface area contributed by atoms with Gasteiger partial charge in [-0.25, -0.2) is 0 Å². The van der Waals surface area contributed by atoms with E-state index in [9.17, 15) is 9.59 Å². The van der Waals surface area contributed by atoms with Gasteiger partial charge in [0, 0.05) is 38.5 Å². The SMILES string of the molecule is Cl.O=C(CCNC(=O)Cc1ccccc1)NCC1CNC1. The summed E-state index contributed by atoms with van der Waals surface area (Å²) in [7, 11) is 0. The fourth-order valence-corrected chi connectivity index (χ4v) is 2.00. The van der Waals surface area contributed by atoms with Crippen molar-refractivity contribution in [2.75, 3.05) is 26.2 Å². The van der Waals surface area contributed by atoms with Gasteiger partial charge in [-0.3, -0.25) is 9.59 Å². The van der Waals surface area contributed by atoms with E-state index in [-0.39, 0.29) is 24.2 Å². The highest BCUT2D eigenvalue weighted by Crippen LogP contribution is 2.00. The molecule has 0 saturated carbocycles.